The topological polar surface area (TPSA) is 87.2 Å². The number of hydrogen-bond donors (Lipinski definition) is 3. The van der Waals surface area contributed by atoms with E-state index < -0.39 is 17.2 Å². The van der Waals surface area contributed by atoms with Crippen LogP contribution in [-0.2, 0) is 16.1 Å². The Hall–Kier alpha value is -0.920. The molecule has 0 amide bonds. The third-order valence-electron chi connectivity index (χ3n) is 2.28. The summed E-state index contributed by atoms with van der Waals surface area (Å²) in [4.78, 5) is 11.8. The zero-order valence-electron chi connectivity index (χ0n) is 11.6. The van der Waals surface area contributed by atoms with E-state index >= 15 is 0 Å². The summed E-state index contributed by atoms with van der Waals surface area (Å²) < 4.78 is 6.00. The van der Waals surface area contributed by atoms with Crippen molar-refractivity contribution in [3.8, 4) is 0 Å². The Balaban J connectivity index is 2.46. The van der Waals surface area contributed by atoms with E-state index in [1.807, 2.05) is 0 Å². The van der Waals surface area contributed by atoms with Crippen LogP contribution in [0.2, 0.25) is 0 Å². The van der Waals surface area contributed by atoms with Gasteiger partial charge < -0.3 is 15.2 Å². The number of aliphatic hydroxyl groups is 1. The monoisotopic (exact) mass is 333 g/mol. The van der Waals surface area contributed by atoms with Crippen LogP contribution in [0.1, 0.15) is 33.4 Å². The zero-order chi connectivity index (χ0) is 14.7. The first-order chi connectivity index (χ1) is 8.62. The first-order valence-corrected chi connectivity index (χ1v) is 6.75. The third kappa shape index (κ3) is 5.30. The number of hydrogen-bond acceptors (Lipinski definition) is 5. The summed E-state index contributed by atoms with van der Waals surface area (Å²) in [6.45, 7) is 7.26. The highest BCUT2D eigenvalue weighted by Crippen LogP contribution is 2.15. The van der Waals surface area contributed by atoms with Gasteiger partial charge in [0, 0.05) is 13.1 Å². The normalized spacial score (nSPS) is 15.1. The molecule has 0 aliphatic carbocycles. The average Bonchev–Trinajstić information content (AvgIpc) is 2.61. The molecule has 0 aromatic carbocycles. The van der Waals surface area contributed by atoms with Gasteiger partial charge in [0.15, 0.2) is 5.60 Å². The second-order valence-electron chi connectivity index (χ2n) is 5.58. The van der Waals surface area contributed by atoms with Gasteiger partial charge in [-0.3, -0.25) is 5.10 Å². The SMILES string of the molecule is CC(C)(C)OC(=O)C(C)(O)CNCc1[nH]ncc1Br. The van der Waals surface area contributed by atoms with Gasteiger partial charge in [-0.05, 0) is 43.6 Å². The van der Waals surface area contributed by atoms with Crippen molar-refractivity contribution in [2.75, 3.05) is 6.54 Å². The highest BCUT2D eigenvalue weighted by molar-refractivity contribution is 9.10. The molecule has 6 nitrogen and oxygen atoms in total. The molecule has 1 atom stereocenters. The highest BCUT2D eigenvalue weighted by Gasteiger charge is 2.34. The number of carbonyl (C=O) groups is 1. The fraction of sp³-hybridized carbons (Fsp3) is 0.667. The van der Waals surface area contributed by atoms with Crippen LogP contribution in [0.4, 0.5) is 0 Å². The Labute approximate surface area is 121 Å². The predicted molar refractivity (Wildman–Crippen MR) is 74.5 cm³/mol. The summed E-state index contributed by atoms with van der Waals surface area (Å²) in [6.07, 6.45) is 1.64. The van der Waals surface area contributed by atoms with E-state index in [0.29, 0.717) is 6.54 Å². The summed E-state index contributed by atoms with van der Waals surface area (Å²) in [7, 11) is 0. The van der Waals surface area contributed by atoms with Crippen LogP contribution in [-0.4, -0.2) is 39.0 Å². The van der Waals surface area contributed by atoms with Crippen molar-refractivity contribution < 1.29 is 14.6 Å². The van der Waals surface area contributed by atoms with Gasteiger partial charge in [0.25, 0.3) is 0 Å². The fourth-order valence-electron chi connectivity index (χ4n) is 1.31. The molecular weight excluding hydrogens is 314 g/mol. The van der Waals surface area contributed by atoms with Gasteiger partial charge in [0.05, 0.1) is 16.4 Å². The number of aromatic nitrogens is 2. The molecule has 0 spiro atoms. The molecule has 19 heavy (non-hydrogen) atoms. The van der Waals surface area contributed by atoms with Gasteiger partial charge in [-0.2, -0.15) is 5.10 Å². The van der Waals surface area contributed by atoms with Gasteiger partial charge in [-0.1, -0.05) is 0 Å². The number of ether oxygens (including phenoxy) is 1. The number of esters is 1. The molecule has 0 radical (unpaired) electrons. The average molecular weight is 334 g/mol. The molecule has 0 bridgehead atoms. The predicted octanol–water partition coefficient (Wildman–Crippen LogP) is 1.35. The lowest BCUT2D eigenvalue weighted by Crippen LogP contribution is -2.48. The van der Waals surface area contributed by atoms with Crippen LogP contribution in [0.3, 0.4) is 0 Å². The van der Waals surface area contributed by atoms with Crippen molar-refractivity contribution in [1.29, 1.82) is 0 Å². The molecule has 1 heterocycles. The molecule has 0 saturated heterocycles. The van der Waals surface area contributed by atoms with Crippen molar-refractivity contribution in [1.82, 2.24) is 15.5 Å². The van der Waals surface area contributed by atoms with Gasteiger partial charge in [-0.25, -0.2) is 4.79 Å². The minimum atomic E-state index is -1.57. The molecule has 0 saturated carbocycles. The molecule has 0 aliphatic rings. The first-order valence-electron chi connectivity index (χ1n) is 5.96. The Bertz CT molecular complexity index is 438. The highest BCUT2D eigenvalue weighted by atomic mass is 79.9. The number of carbonyl (C=O) groups excluding carboxylic acids is 1. The Morgan fingerprint density at radius 3 is 2.63 bits per heavy atom. The Morgan fingerprint density at radius 2 is 2.16 bits per heavy atom. The van der Waals surface area contributed by atoms with Gasteiger partial charge >= 0.3 is 5.97 Å². The lowest BCUT2D eigenvalue weighted by molar-refractivity contribution is -0.174. The van der Waals surface area contributed by atoms with Crippen molar-refractivity contribution in [2.45, 2.75) is 45.4 Å². The van der Waals surface area contributed by atoms with Crippen LogP contribution in [0.5, 0.6) is 0 Å². The van der Waals surface area contributed by atoms with E-state index in [4.69, 9.17) is 4.74 Å². The summed E-state index contributed by atoms with van der Waals surface area (Å²) in [5.74, 6) is -0.642. The van der Waals surface area contributed by atoms with E-state index in [1.165, 1.54) is 6.92 Å². The van der Waals surface area contributed by atoms with Crippen molar-refractivity contribution in [3.05, 3.63) is 16.4 Å². The number of H-pyrrole nitrogens is 1. The maximum absolute atomic E-state index is 11.8. The number of rotatable bonds is 5. The third-order valence-corrected chi connectivity index (χ3v) is 2.96. The van der Waals surface area contributed by atoms with Crippen LogP contribution >= 0.6 is 15.9 Å². The molecule has 0 aliphatic heterocycles. The largest absolute Gasteiger partial charge is 0.458 e. The Morgan fingerprint density at radius 1 is 1.53 bits per heavy atom. The summed E-state index contributed by atoms with van der Waals surface area (Å²) >= 11 is 3.33. The zero-order valence-corrected chi connectivity index (χ0v) is 13.2. The standard InChI is InChI=1S/C12H20BrN3O3/c1-11(2,3)19-10(17)12(4,18)7-14-6-9-8(13)5-15-16-9/h5,14,18H,6-7H2,1-4H3,(H,15,16). The maximum atomic E-state index is 11.8. The molecule has 108 valence electrons. The van der Waals surface area contributed by atoms with Crippen molar-refractivity contribution in [2.24, 2.45) is 0 Å². The van der Waals surface area contributed by atoms with Crippen LogP contribution < -0.4 is 5.32 Å². The van der Waals surface area contributed by atoms with E-state index in [-0.39, 0.29) is 6.54 Å². The number of aromatic amines is 1. The van der Waals surface area contributed by atoms with Crippen LogP contribution in [0.15, 0.2) is 10.7 Å². The van der Waals surface area contributed by atoms with Crippen molar-refractivity contribution in [3.63, 3.8) is 0 Å². The quantitative estimate of drug-likeness (QED) is 0.708. The lowest BCUT2D eigenvalue weighted by atomic mass is 10.1. The molecule has 1 aromatic heterocycles. The Kier molecular flexibility index (Phi) is 5.11. The lowest BCUT2D eigenvalue weighted by Gasteiger charge is -2.27. The minimum absolute atomic E-state index is 0.0906. The van der Waals surface area contributed by atoms with E-state index in [9.17, 15) is 9.90 Å². The van der Waals surface area contributed by atoms with Gasteiger partial charge in [-0.15, -0.1) is 0 Å². The minimum Gasteiger partial charge on any atom is -0.458 e. The molecule has 3 N–H and O–H groups in total. The van der Waals surface area contributed by atoms with Crippen LogP contribution in [0.25, 0.3) is 0 Å². The molecule has 1 rings (SSSR count). The smallest absolute Gasteiger partial charge is 0.339 e. The molecule has 7 heteroatoms. The molecular formula is C12H20BrN3O3. The van der Waals surface area contributed by atoms with Crippen LogP contribution in [0, 0.1) is 0 Å². The molecule has 1 aromatic rings. The first kappa shape index (κ1) is 16.1. The number of halogens is 1. The molecule has 0 fully saturated rings. The second-order valence-corrected chi connectivity index (χ2v) is 6.43. The second kappa shape index (κ2) is 6.02. The summed E-state index contributed by atoms with van der Waals surface area (Å²) in [5, 5.41) is 19.7. The summed E-state index contributed by atoms with van der Waals surface area (Å²) in [6, 6.07) is 0. The fourth-order valence-corrected chi connectivity index (χ4v) is 1.64. The summed E-state index contributed by atoms with van der Waals surface area (Å²) in [5.41, 5.74) is -1.34. The van der Waals surface area contributed by atoms with Crippen molar-refractivity contribution >= 4 is 21.9 Å². The molecule has 1 unspecified atom stereocenters. The number of nitrogens with zero attached hydrogens (tertiary/aromatic N) is 1. The maximum Gasteiger partial charge on any atom is 0.339 e. The van der Waals surface area contributed by atoms with Gasteiger partial charge in [0.1, 0.15) is 5.60 Å². The van der Waals surface area contributed by atoms with Gasteiger partial charge in [0.2, 0.25) is 0 Å². The van der Waals surface area contributed by atoms with E-state index in [0.717, 1.165) is 10.2 Å². The van der Waals surface area contributed by atoms with E-state index in [1.54, 1.807) is 27.0 Å². The number of nitrogens with one attached hydrogen (secondary N) is 2. The van der Waals surface area contributed by atoms with E-state index in [2.05, 4.69) is 31.4 Å².